The van der Waals surface area contributed by atoms with Crippen LogP contribution in [0.15, 0.2) is 12.4 Å². The Bertz CT molecular complexity index is 304. The molecular formula is C13H25N3OS. The first kappa shape index (κ1) is 15.5. The Morgan fingerprint density at radius 1 is 1.33 bits per heavy atom. The molecule has 0 aromatic carbocycles. The van der Waals surface area contributed by atoms with Crippen molar-refractivity contribution in [2.24, 2.45) is 0 Å². The molecule has 0 saturated carbocycles. The standard InChI is InChI=1S/C13H25N3OS/c1-18-9-5-3-2-4-6-14-10-13-11-15-16(12-13)7-8-17/h11-12,14,17H,2-10H2,1H3. The van der Waals surface area contributed by atoms with E-state index in [9.17, 15) is 0 Å². The zero-order chi connectivity index (χ0) is 13.1. The van der Waals surface area contributed by atoms with Crippen LogP contribution in [0.25, 0.3) is 0 Å². The van der Waals surface area contributed by atoms with Gasteiger partial charge in [-0.3, -0.25) is 4.68 Å². The van der Waals surface area contributed by atoms with Crippen LogP contribution in [0, 0.1) is 0 Å². The second-order valence-electron chi connectivity index (χ2n) is 4.42. The Balaban J connectivity index is 1.96. The summed E-state index contributed by atoms with van der Waals surface area (Å²) in [5.74, 6) is 1.29. The first-order valence-corrected chi connectivity index (χ1v) is 8.08. The van der Waals surface area contributed by atoms with Gasteiger partial charge in [0.05, 0.1) is 19.3 Å². The molecule has 0 aliphatic rings. The van der Waals surface area contributed by atoms with Gasteiger partial charge in [-0.1, -0.05) is 12.8 Å². The molecule has 0 spiro atoms. The fraction of sp³-hybridized carbons (Fsp3) is 0.769. The van der Waals surface area contributed by atoms with Gasteiger partial charge in [-0.15, -0.1) is 0 Å². The first-order valence-electron chi connectivity index (χ1n) is 6.68. The Morgan fingerprint density at radius 2 is 2.17 bits per heavy atom. The monoisotopic (exact) mass is 271 g/mol. The van der Waals surface area contributed by atoms with E-state index in [2.05, 4.69) is 16.7 Å². The number of unbranched alkanes of at least 4 members (excludes halogenated alkanes) is 3. The van der Waals surface area contributed by atoms with Crippen LogP contribution in [-0.2, 0) is 13.1 Å². The molecule has 0 aliphatic heterocycles. The second kappa shape index (κ2) is 10.4. The lowest BCUT2D eigenvalue weighted by Gasteiger charge is -2.03. The minimum Gasteiger partial charge on any atom is -0.394 e. The van der Waals surface area contributed by atoms with Crippen molar-refractivity contribution in [2.45, 2.75) is 38.8 Å². The van der Waals surface area contributed by atoms with Crippen molar-refractivity contribution in [1.29, 1.82) is 0 Å². The third-order valence-electron chi connectivity index (χ3n) is 2.80. The number of aliphatic hydroxyl groups is 1. The quantitative estimate of drug-likeness (QED) is 0.604. The molecule has 0 saturated heterocycles. The van der Waals surface area contributed by atoms with Crippen LogP contribution >= 0.6 is 11.8 Å². The van der Waals surface area contributed by atoms with Crippen molar-refractivity contribution >= 4 is 11.8 Å². The predicted octanol–water partition coefficient (Wildman–Crippen LogP) is 1.89. The Hall–Kier alpha value is -0.520. The Kier molecular flexibility index (Phi) is 8.98. The molecule has 0 fully saturated rings. The molecular weight excluding hydrogens is 246 g/mol. The van der Waals surface area contributed by atoms with Crippen LogP contribution in [-0.4, -0.2) is 40.0 Å². The molecule has 2 N–H and O–H groups in total. The summed E-state index contributed by atoms with van der Waals surface area (Å²) >= 11 is 1.93. The maximum atomic E-state index is 8.79. The van der Waals surface area contributed by atoms with Gasteiger partial charge in [0, 0.05) is 18.3 Å². The molecule has 1 aromatic heterocycles. The summed E-state index contributed by atoms with van der Waals surface area (Å²) in [7, 11) is 0. The smallest absolute Gasteiger partial charge is 0.0640 e. The highest BCUT2D eigenvalue weighted by atomic mass is 32.2. The molecule has 18 heavy (non-hydrogen) atoms. The summed E-state index contributed by atoms with van der Waals surface area (Å²) in [5.41, 5.74) is 1.19. The maximum Gasteiger partial charge on any atom is 0.0640 e. The summed E-state index contributed by atoms with van der Waals surface area (Å²) in [6.45, 7) is 2.67. The van der Waals surface area contributed by atoms with E-state index >= 15 is 0 Å². The zero-order valence-electron chi connectivity index (χ0n) is 11.3. The minimum atomic E-state index is 0.143. The van der Waals surface area contributed by atoms with Crippen LogP contribution < -0.4 is 5.32 Å². The zero-order valence-corrected chi connectivity index (χ0v) is 12.1. The normalized spacial score (nSPS) is 11.0. The number of hydrogen-bond acceptors (Lipinski definition) is 4. The third kappa shape index (κ3) is 7.03. The largest absolute Gasteiger partial charge is 0.394 e. The van der Waals surface area contributed by atoms with Crippen LogP contribution in [0.4, 0.5) is 0 Å². The summed E-state index contributed by atoms with van der Waals surface area (Å²) in [6, 6.07) is 0. The molecule has 4 nitrogen and oxygen atoms in total. The van der Waals surface area contributed by atoms with Gasteiger partial charge in [0.1, 0.15) is 0 Å². The second-order valence-corrected chi connectivity index (χ2v) is 5.40. The molecule has 0 unspecified atom stereocenters. The molecule has 0 radical (unpaired) electrons. The van der Waals surface area contributed by atoms with Crippen LogP contribution in [0.2, 0.25) is 0 Å². The van der Waals surface area contributed by atoms with E-state index in [0.717, 1.165) is 13.1 Å². The number of thioether (sulfide) groups is 1. The number of aromatic nitrogens is 2. The molecule has 1 rings (SSSR count). The van der Waals surface area contributed by atoms with Gasteiger partial charge in [-0.25, -0.2) is 0 Å². The van der Waals surface area contributed by atoms with E-state index < -0.39 is 0 Å². The summed E-state index contributed by atoms with van der Waals surface area (Å²) in [4.78, 5) is 0. The number of aliphatic hydroxyl groups excluding tert-OH is 1. The van der Waals surface area contributed by atoms with Crippen molar-refractivity contribution < 1.29 is 5.11 Å². The lowest BCUT2D eigenvalue weighted by atomic mass is 10.2. The fourth-order valence-corrected chi connectivity index (χ4v) is 2.30. The van der Waals surface area contributed by atoms with E-state index in [4.69, 9.17) is 5.11 Å². The highest BCUT2D eigenvalue weighted by molar-refractivity contribution is 7.98. The Labute approximate surface area is 114 Å². The summed E-state index contributed by atoms with van der Waals surface area (Å²) in [5, 5.41) is 16.4. The van der Waals surface area contributed by atoms with Gasteiger partial charge in [0.15, 0.2) is 0 Å². The summed E-state index contributed by atoms with van der Waals surface area (Å²) in [6.07, 6.45) is 11.3. The third-order valence-corrected chi connectivity index (χ3v) is 3.49. The van der Waals surface area contributed by atoms with E-state index in [1.807, 2.05) is 24.2 Å². The SMILES string of the molecule is CSCCCCCCNCc1cnn(CCO)c1. The van der Waals surface area contributed by atoms with Crippen LogP contribution in [0.3, 0.4) is 0 Å². The van der Waals surface area contributed by atoms with Crippen LogP contribution in [0.5, 0.6) is 0 Å². The van der Waals surface area contributed by atoms with E-state index in [1.54, 1.807) is 4.68 Å². The van der Waals surface area contributed by atoms with Gasteiger partial charge in [-0.05, 0) is 31.4 Å². The number of hydrogen-bond donors (Lipinski definition) is 2. The molecule has 0 amide bonds. The van der Waals surface area contributed by atoms with E-state index in [0.29, 0.717) is 6.54 Å². The van der Waals surface area contributed by atoms with E-state index in [1.165, 1.54) is 37.0 Å². The predicted molar refractivity (Wildman–Crippen MR) is 77.9 cm³/mol. The van der Waals surface area contributed by atoms with E-state index in [-0.39, 0.29) is 6.61 Å². The average molecular weight is 271 g/mol. The van der Waals surface area contributed by atoms with Crippen molar-refractivity contribution in [3.63, 3.8) is 0 Å². The molecule has 0 bridgehead atoms. The fourth-order valence-electron chi connectivity index (χ4n) is 1.81. The summed E-state index contributed by atoms with van der Waals surface area (Å²) < 4.78 is 1.78. The highest BCUT2D eigenvalue weighted by Gasteiger charge is 1.97. The van der Waals surface area contributed by atoms with Gasteiger partial charge in [-0.2, -0.15) is 16.9 Å². The van der Waals surface area contributed by atoms with Crippen LogP contribution in [0.1, 0.15) is 31.2 Å². The Morgan fingerprint density at radius 3 is 2.94 bits per heavy atom. The topological polar surface area (TPSA) is 50.1 Å². The number of nitrogens with one attached hydrogen (secondary N) is 1. The number of rotatable bonds is 11. The molecule has 104 valence electrons. The molecule has 1 heterocycles. The molecule has 5 heteroatoms. The maximum absolute atomic E-state index is 8.79. The van der Waals surface area contributed by atoms with Crippen molar-refractivity contribution in [1.82, 2.24) is 15.1 Å². The molecule has 0 aliphatic carbocycles. The number of nitrogens with zero attached hydrogens (tertiary/aromatic N) is 2. The van der Waals surface area contributed by atoms with Gasteiger partial charge in [0.25, 0.3) is 0 Å². The highest BCUT2D eigenvalue weighted by Crippen LogP contribution is 2.04. The van der Waals surface area contributed by atoms with Gasteiger partial charge >= 0.3 is 0 Å². The van der Waals surface area contributed by atoms with Crippen molar-refractivity contribution in [3.8, 4) is 0 Å². The van der Waals surface area contributed by atoms with Crippen molar-refractivity contribution in [3.05, 3.63) is 18.0 Å². The first-order chi connectivity index (χ1) is 8.86. The lowest BCUT2D eigenvalue weighted by molar-refractivity contribution is 0.269. The molecule has 1 aromatic rings. The molecule has 0 atom stereocenters. The van der Waals surface area contributed by atoms with Crippen molar-refractivity contribution in [2.75, 3.05) is 25.2 Å². The minimum absolute atomic E-state index is 0.143. The van der Waals surface area contributed by atoms with Gasteiger partial charge < -0.3 is 10.4 Å². The van der Waals surface area contributed by atoms with Gasteiger partial charge in [0.2, 0.25) is 0 Å². The average Bonchev–Trinajstić information content (AvgIpc) is 2.81. The lowest BCUT2D eigenvalue weighted by Crippen LogP contribution is -2.14.